The third-order valence-electron chi connectivity index (χ3n) is 0. The lowest BCUT2D eigenvalue weighted by molar-refractivity contribution is -0.176. The van der Waals surface area contributed by atoms with Crippen molar-refractivity contribution < 1.29 is 25.6 Å². The second-order valence-electron chi connectivity index (χ2n) is 0. The second-order valence-corrected chi connectivity index (χ2v) is 0. The van der Waals surface area contributed by atoms with Crippen LogP contribution in [0.4, 0.5) is 0 Å². The minimum Gasteiger partial charge on any atom is -0.279 e. The summed E-state index contributed by atoms with van der Waals surface area (Å²) in [6.07, 6.45) is 0. The van der Waals surface area contributed by atoms with Crippen LogP contribution in [0.15, 0.2) is 0 Å². The van der Waals surface area contributed by atoms with Crippen LogP contribution in [0.1, 0.15) is 37.1 Å². The first kappa shape index (κ1) is 81.0. The van der Waals surface area contributed by atoms with Gasteiger partial charge in [0.2, 0.25) is 0 Å². The minimum atomic E-state index is -0.583. The van der Waals surface area contributed by atoms with E-state index < -0.39 is 9.06 Å². The maximum Gasteiger partial charge on any atom is 0.140 e. The molecular formula is C5H25O7P. The molecule has 0 unspecified atom stereocenters. The molecule has 0 amide bonds. The predicted molar refractivity (Wildman–Crippen MR) is 59.9 cm³/mol. The summed E-state index contributed by atoms with van der Waals surface area (Å²) >= 11 is 0. The molecule has 0 spiro atoms. The summed E-state index contributed by atoms with van der Waals surface area (Å²) in [5.41, 5.74) is 0. The largest absolute Gasteiger partial charge is 0.279 e. The summed E-state index contributed by atoms with van der Waals surface area (Å²) in [5.74, 6) is 0. The number of hydrogen-bond acceptors (Lipinski definition) is 7. The van der Waals surface area contributed by atoms with Gasteiger partial charge >= 0.3 is 0 Å². The van der Waals surface area contributed by atoms with E-state index in [9.17, 15) is 0 Å². The highest BCUT2D eigenvalue weighted by molar-refractivity contribution is 7.00. The van der Waals surface area contributed by atoms with E-state index in [1.807, 2.05) is 0 Å². The van der Waals surface area contributed by atoms with Crippen LogP contribution in [0.5, 0.6) is 0 Å². The average Bonchev–Trinajstić information content (AvgIpc) is 2.01. The molecule has 0 aliphatic carbocycles. The van der Waals surface area contributed by atoms with Crippen molar-refractivity contribution in [3.8, 4) is 0 Å². The van der Waals surface area contributed by atoms with Crippen LogP contribution in [0.2, 0.25) is 0 Å². The van der Waals surface area contributed by atoms with E-state index in [0.29, 0.717) is 0 Å². The van der Waals surface area contributed by atoms with E-state index in [1.165, 1.54) is 0 Å². The lowest BCUT2D eigenvalue weighted by Crippen LogP contribution is -1.29. The predicted octanol–water partition coefficient (Wildman–Crippen LogP) is 3.76. The molecule has 0 aromatic heterocycles. The van der Waals surface area contributed by atoms with Gasteiger partial charge in [0.05, 0.1) is 0 Å². The van der Waals surface area contributed by atoms with Gasteiger partial charge in [-0.1, -0.05) is 37.1 Å². The monoisotopic (exact) mass is 229 g/mol. The first-order chi connectivity index (χ1) is 4.41. The van der Waals surface area contributed by atoms with Crippen LogP contribution >= 0.6 is 9.06 Å². The smallest absolute Gasteiger partial charge is 0.140 e. The van der Waals surface area contributed by atoms with E-state index in [1.54, 1.807) is 0 Å². The molecule has 4 N–H and O–H groups in total. The molecule has 0 fully saturated rings. The van der Waals surface area contributed by atoms with Crippen molar-refractivity contribution in [2.75, 3.05) is 0 Å². The fraction of sp³-hybridized carbons (Fsp3) is 1.00. The molecule has 0 aliphatic rings. The SMILES string of the molecule is C.C.C.C.C.O=O.OO.OO.[2H]P=O. The molecule has 0 heterocycles. The van der Waals surface area contributed by atoms with Crippen LogP contribution < -0.4 is 0 Å². The van der Waals surface area contributed by atoms with Crippen molar-refractivity contribution in [3.05, 3.63) is 9.93 Å². The summed E-state index contributed by atoms with van der Waals surface area (Å²) in [6.45, 7) is 0. The van der Waals surface area contributed by atoms with Gasteiger partial charge in [0.1, 0.15) is 10.3 Å². The molecule has 7 nitrogen and oxygen atoms in total. The number of rotatable bonds is 0. The highest BCUT2D eigenvalue weighted by Crippen LogP contribution is 1.23. The standard InChI is InChI=1S/5CH4.2H2O2.O2.HOP/c;;;;;4*1-2/h5*1H4;2*1-2H;;2H/i;;;;;;;;2D. The van der Waals surface area contributed by atoms with Crippen molar-refractivity contribution in [2.24, 2.45) is 0 Å². The van der Waals surface area contributed by atoms with E-state index in [4.69, 9.17) is 36.8 Å². The van der Waals surface area contributed by atoms with E-state index in [2.05, 4.69) is 0 Å². The molecule has 0 aliphatic heterocycles. The molecule has 0 saturated heterocycles. The van der Waals surface area contributed by atoms with Crippen LogP contribution in [-0.4, -0.2) is 22.3 Å². The quantitative estimate of drug-likeness (QED) is 0.282. The average molecular weight is 229 g/mol. The van der Waals surface area contributed by atoms with Gasteiger partial charge in [0.25, 0.3) is 0 Å². The Balaban J connectivity index is -0.00000000308. The molecule has 0 atom stereocenters. The van der Waals surface area contributed by atoms with Gasteiger partial charge in [-0.25, -0.2) is 0 Å². The fourth-order valence-corrected chi connectivity index (χ4v) is 0. The van der Waals surface area contributed by atoms with Gasteiger partial charge < -0.3 is 0 Å². The van der Waals surface area contributed by atoms with Gasteiger partial charge in [-0.3, -0.25) is 25.6 Å². The normalized spacial score (nSPS) is 2.92. The Morgan fingerprint density at radius 3 is 0.769 bits per heavy atom. The zero-order valence-corrected chi connectivity index (χ0v) is 4.36. The molecule has 8 heteroatoms. The zero-order valence-electron chi connectivity index (χ0n) is 4.46. The summed E-state index contributed by atoms with van der Waals surface area (Å²) < 4.78 is 14.2. The highest BCUT2D eigenvalue weighted by atomic mass is 31.0. The third kappa shape index (κ3) is 4960. The van der Waals surface area contributed by atoms with Gasteiger partial charge in [-0.15, -0.1) is 0 Å². The topological polar surface area (TPSA) is 132 Å². The van der Waals surface area contributed by atoms with Crippen molar-refractivity contribution in [2.45, 2.75) is 37.1 Å². The van der Waals surface area contributed by atoms with E-state index in [0.717, 1.165) is 0 Å². The maximum absolute atomic E-state index is 8.57. The van der Waals surface area contributed by atoms with Crippen LogP contribution in [0.25, 0.3) is 0 Å². The molecule has 0 radical (unpaired) electrons. The van der Waals surface area contributed by atoms with Crippen LogP contribution in [-0.2, 0) is 4.57 Å². The van der Waals surface area contributed by atoms with Crippen molar-refractivity contribution in [1.82, 2.24) is 0 Å². The number of hydrogen-bond donors (Lipinski definition) is 4. The lowest BCUT2D eigenvalue weighted by Gasteiger charge is -1.25. The molecular weight excluding hydrogens is 203 g/mol. The Labute approximate surface area is 84.0 Å². The third-order valence-corrected chi connectivity index (χ3v) is 0. The van der Waals surface area contributed by atoms with Crippen LogP contribution in [0.3, 0.4) is 0 Å². The van der Waals surface area contributed by atoms with Gasteiger partial charge in [0, 0.05) is 9.93 Å². The summed E-state index contributed by atoms with van der Waals surface area (Å²) in [4.78, 5) is 14.0. The van der Waals surface area contributed by atoms with Crippen molar-refractivity contribution in [1.29, 1.82) is 1.28 Å². The van der Waals surface area contributed by atoms with Gasteiger partial charge in [-0.05, 0) is 0 Å². The highest BCUT2D eigenvalue weighted by Gasteiger charge is 0.748. The summed E-state index contributed by atoms with van der Waals surface area (Å²) in [7, 11) is -0.583. The van der Waals surface area contributed by atoms with Crippen molar-refractivity contribution in [3.63, 3.8) is 0 Å². The molecule has 13 heavy (non-hydrogen) atoms. The Bertz CT molecular complexity index is 36.0. The van der Waals surface area contributed by atoms with Gasteiger partial charge in [0.15, 0.2) is 0 Å². The molecule has 0 aromatic rings. The maximum atomic E-state index is 8.57. The Morgan fingerprint density at radius 2 is 0.769 bits per heavy atom. The Morgan fingerprint density at radius 1 is 0.769 bits per heavy atom. The first-order valence-corrected chi connectivity index (χ1v) is 1.11. The molecule has 0 aromatic carbocycles. The minimum absolute atomic E-state index is 0. The van der Waals surface area contributed by atoms with E-state index >= 15 is 0 Å². The Kier molecular flexibility index (Phi) is 37800. The lowest BCUT2D eigenvalue weighted by atomic mass is 12.0. The summed E-state index contributed by atoms with van der Waals surface area (Å²) in [6, 6.07) is 0. The van der Waals surface area contributed by atoms with Crippen LogP contribution in [0, 0.1) is 9.93 Å². The molecule has 0 saturated carbocycles. The zero-order chi connectivity index (χ0) is 8.71. The first-order valence-electron chi connectivity index (χ1n) is 1.20. The van der Waals surface area contributed by atoms with Crippen molar-refractivity contribution >= 4 is 9.06 Å². The van der Waals surface area contributed by atoms with Gasteiger partial charge in [-0.2, -0.15) is 0 Å². The second kappa shape index (κ2) is 6060. The fourth-order valence-electron chi connectivity index (χ4n) is 0. The molecule has 0 rings (SSSR count). The summed E-state index contributed by atoms with van der Waals surface area (Å²) in [5, 5.41) is 24.0. The molecule has 0 bridgehead atoms. The Hall–Kier alpha value is -0.460. The van der Waals surface area contributed by atoms with E-state index in [-0.39, 0.29) is 37.1 Å². The molecule has 92 valence electrons.